The van der Waals surface area contributed by atoms with Crippen LogP contribution < -0.4 is 10.1 Å². The zero-order valence-corrected chi connectivity index (χ0v) is 14.4. The van der Waals surface area contributed by atoms with Crippen molar-refractivity contribution in [3.63, 3.8) is 0 Å². The lowest BCUT2D eigenvalue weighted by Crippen LogP contribution is -2.38. The average molecular weight is 383 g/mol. The molecule has 2 aliphatic rings. The van der Waals surface area contributed by atoms with Gasteiger partial charge in [0.1, 0.15) is 5.75 Å². The Morgan fingerprint density at radius 2 is 2.26 bits per heavy atom. The Balaban J connectivity index is 1.72. The summed E-state index contributed by atoms with van der Waals surface area (Å²) in [5, 5.41) is 12.4. The molecule has 23 heavy (non-hydrogen) atoms. The number of ether oxygens (including phenoxy) is 1. The second-order valence-electron chi connectivity index (χ2n) is 6.21. The lowest BCUT2D eigenvalue weighted by molar-refractivity contribution is -0.149. The zero-order chi connectivity index (χ0) is 16.6. The highest BCUT2D eigenvalue weighted by Crippen LogP contribution is 2.49. The van der Waals surface area contributed by atoms with Crippen LogP contribution in [0.1, 0.15) is 19.3 Å². The SMILES string of the molecule is COc1cc(NC(=O)N2C[C@@H]3CCC[C@@]3(C(=O)O)C2)ccc1Br. The number of aliphatic carboxylic acids is 1. The van der Waals surface area contributed by atoms with Crippen LogP contribution in [0, 0.1) is 11.3 Å². The first-order chi connectivity index (χ1) is 11.0. The number of benzene rings is 1. The van der Waals surface area contributed by atoms with Crippen LogP contribution in [0.2, 0.25) is 0 Å². The van der Waals surface area contributed by atoms with Gasteiger partial charge in [0.15, 0.2) is 0 Å². The highest BCUT2D eigenvalue weighted by atomic mass is 79.9. The third kappa shape index (κ3) is 2.78. The highest BCUT2D eigenvalue weighted by molar-refractivity contribution is 9.10. The number of hydrogen-bond acceptors (Lipinski definition) is 3. The topological polar surface area (TPSA) is 78.9 Å². The van der Waals surface area contributed by atoms with Crippen molar-refractivity contribution < 1.29 is 19.4 Å². The maximum Gasteiger partial charge on any atom is 0.321 e. The summed E-state index contributed by atoms with van der Waals surface area (Å²) < 4.78 is 6.02. The van der Waals surface area contributed by atoms with E-state index in [0.717, 1.165) is 17.3 Å². The van der Waals surface area contributed by atoms with Crippen LogP contribution in [0.4, 0.5) is 10.5 Å². The fourth-order valence-electron chi connectivity index (χ4n) is 3.73. The van der Waals surface area contributed by atoms with Crippen LogP contribution in [0.3, 0.4) is 0 Å². The number of methoxy groups -OCH3 is 1. The minimum absolute atomic E-state index is 0.0604. The van der Waals surface area contributed by atoms with Gasteiger partial charge in [0.2, 0.25) is 0 Å². The van der Waals surface area contributed by atoms with Gasteiger partial charge < -0.3 is 20.1 Å². The molecule has 0 radical (unpaired) electrons. The van der Waals surface area contributed by atoms with Gasteiger partial charge in [-0.25, -0.2) is 4.79 Å². The van der Waals surface area contributed by atoms with Crippen molar-refractivity contribution in [2.24, 2.45) is 11.3 Å². The van der Waals surface area contributed by atoms with E-state index in [0.29, 0.717) is 24.4 Å². The molecule has 2 fully saturated rings. The molecule has 1 aromatic rings. The molecule has 0 bridgehead atoms. The van der Waals surface area contributed by atoms with Crippen LogP contribution in [0.25, 0.3) is 0 Å². The van der Waals surface area contributed by atoms with Crippen LogP contribution in [0.15, 0.2) is 22.7 Å². The summed E-state index contributed by atoms with van der Waals surface area (Å²) in [6, 6.07) is 5.04. The molecule has 3 rings (SSSR count). The van der Waals surface area contributed by atoms with Gasteiger partial charge in [-0.1, -0.05) is 6.42 Å². The van der Waals surface area contributed by atoms with Gasteiger partial charge >= 0.3 is 12.0 Å². The average Bonchev–Trinajstić information content (AvgIpc) is 3.07. The number of halogens is 1. The van der Waals surface area contributed by atoms with E-state index >= 15 is 0 Å². The predicted molar refractivity (Wildman–Crippen MR) is 88.7 cm³/mol. The molecule has 0 spiro atoms. The van der Waals surface area contributed by atoms with Crippen molar-refractivity contribution in [3.05, 3.63) is 22.7 Å². The first-order valence-electron chi connectivity index (χ1n) is 7.59. The molecule has 7 heteroatoms. The minimum Gasteiger partial charge on any atom is -0.495 e. The Hall–Kier alpha value is -1.76. The van der Waals surface area contributed by atoms with Crippen LogP contribution in [-0.2, 0) is 4.79 Å². The third-order valence-electron chi connectivity index (χ3n) is 4.99. The molecule has 2 amide bonds. The van der Waals surface area contributed by atoms with Crippen LogP contribution >= 0.6 is 15.9 Å². The van der Waals surface area contributed by atoms with E-state index in [2.05, 4.69) is 21.2 Å². The van der Waals surface area contributed by atoms with Crippen molar-refractivity contribution in [1.82, 2.24) is 4.90 Å². The van der Waals surface area contributed by atoms with Crippen molar-refractivity contribution in [1.29, 1.82) is 0 Å². The number of likely N-dealkylation sites (tertiary alicyclic amines) is 1. The number of fused-ring (bicyclic) bond motifs is 1. The predicted octanol–water partition coefficient (Wildman–Crippen LogP) is 3.18. The largest absolute Gasteiger partial charge is 0.495 e. The van der Waals surface area contributed by atoms with Gasteiger partial charge in [0.05, 0.1) is 17.0 Å². The van der Waals surface area contributed by atoms with Gasteiger partial charge in [0, 0.05) is 24.8 Å². The van der Waals surface area contributed by atoms with Gasteiger partial charge in [-0.2, -0.15) is 0 Å². The molecular formula is C16H19BrN2O4. The quantitative estimate of drug-likeness (QED) is 0.841. The second kappa shape index (κ2) is 6.03. The zero-order valence-electron chi connectivity index (χ0n) is 12.8. The number of nitrogens with one attached hydrogen (secondary N) is 1. The van der Waals surface area contributed by atoms with Gasteiger partial charge in [0.25, 0.3) is 0 Å². The number of urea groups is 1. The molecule has 1 aromatic carbocycles. The van der Waals surface area contributed by atoms with E-state index in [1.165, 1.54) is 0 Å². The lowest BCUT2D eigenvalue weighted by atomic mass is 9.81. The van der Waals surface area contributed by atoms with Crippen LogP contribution in [0.5, 0.6) is 5.75 Å². The number of nitrogens with zero attached hydrogens (tertiary/aromatic N) is 1. The maximum atomic E-state index is 12.5. The van der Waals surface area contributed by atoms with Gasteiger partial charge in [-0.05, 0) is 46.8 Å². The lowest BCUT2D eigenvalue weighted by Gasteiger charge is -2.23. The van der Waals surface area contributed by atoms with E-state index < -0.39 is 11.4 Å². The molecule has 1 saturated heterocycles. The monoisotopic (exact) mass is 382 g/mol. The normalized spacial score (nSPS) is 26.0. The summed E-state index contributed by atoms with van der Waals surface area (Å²) in [7, 11) is 1.56. The smallest absolute Gasteiger partial charge is 0.321 e. The van der Waals surface area contributed by atoms with E-state index in [-0.39, 0.29) is 18.5 Å². The number of carbonyl (C=O) groups excluding carboxylic acids is 1. The Morgan fingerprint density at radius 1 is 1.48 bits per heavy atom. The molecule has 1 saturated carbocycles. The number of carboxylic acid groups (broad SMARTS) is 1. The number of rotatable bonds is 3. The van der Waals surface area contributed by atoms with Gasteiger partial charge in [-0.15, -0.1) is 0 Å². The summed E-state index contributed by atoms with van der Waals surface area (Å²) in [5.41, 5.74) is -0.133. The molecule has 124 valence electrons. The molecular weight excluding hydrogens is 364 g/mol. The molecule has 1 aliphatic carbocycles. The fraction of sp³-hybridized carbons (Fsp3) is 0.500. The van der Waals surface area contributed by atoms with Gasteiger partial charge in [-0.3, -0.25) is 4.79 Å². The molecule has 6 nitrogen and oxygen atoms in total. The first-order valence-corrected chi connectivity index (χ1v) is 8.38. The Labute approximate surface area is 142 Å². The molecule has 2 atom stereocenters. The molecule has 1 heterocycles. The number of anilines is 1. The highest BCUT2D eigenvalue weighted by Gasteiger charge is 2.55. The summed E-state index contributed by atoms with van der Waals surface area (Å²) in [5.74, 6) is -0.0890. The molecule has 1 aliphatic heterocycles. The van der Waals surface area contributed by atoms with Crippen LogP contribution in [-0.4, -0.2) is 42.2 Å². The van der Waals surface area contributed by atoms with E-state index in [1.54, 1.807) is 30.2 Å². The third-order valence-corrected chi connectivity index (χ3v) is 5.64. The first kappa shape index (κ1) is 16.1. The maximum absolute atomic E-state index is 12.5. The number of carbonyl (C=O) groups is 2. The summed E-state index contributed by atoms with van der Waals surface area (Å²) in [4.78, 5) is 25.8. The van der Waals surface area contributed by atoms with Crippen molar-refractivity contribution in [2.75, 3.05) is 25.5 Å². The van der Waals surface area contributed by atoms with Crippen molar-refractivity contribution >= 4 is 33.6 Å². The Morgan fingerprint density at radius 3 is 2.91 bits per heavy atom. The number of amides is 2. The Kier molecular flexibility index (Phi) is 4.23. The Bertz CT molecular complexity index is 651. The summed E-state index contributed by atoms with van der Waals surface area (Å²) in [6.07, 6.45) is 2.46. The minimum atomic E-state index is -0.777. The van der Waals surface area contributed by atoms with E-state index in [1.807, 2.05) is 0 Å². The van der Waals surface area contributed by atoms with E-state index in [4.69, 9.17) is 4.74 Å². The summed E-state index contributed by atoms with van der Waals surface area (Å²) >= 11 is 3.37. The van der Waals surface area contributed by atoms with E-state index in [9.17, 15) is 14.7 Å². The molecule has 0 unspecified atom stereocenters. The molecule has 2 N–H and O–H groups in total. The van der Waals surface area contributed by atoms with Crippen molar-refractivity contribution in [2.45, 2.75) is 19.3 Å². The standard InChI is InChI=1S/C16H19BrN2O4/c1-23-13-7-11(4-5-12(13)17)18-15(22)19-8-10-3-2-6-16(10,9-19)14(20)21/h4-5,7,10H,2-3,6,8-9H2,1H3,(H,18,22)(H,20,21)/t10-,16+/m0/s1. The number of carboxylic acids is 1. The second-order valence-corrected chi connectivity index (χ2v) is 7.06. The van der Waals surface area contributed by atoms with Crippen molar-refractivity contribution in [3.8, 4) is 5.75 Å². The summed E-state index contributed by atoms with van der Waals surface area (Å²) in [6.45, 7) is 0.790. The number of hydrogen-bond donors (Lipinski definition) is 2. The molecule has 0 aromatic heterocycles. The fourth-order valence-corrected chi connectivity index (χ4v) is 4.14.